The van der Waals surface area contributed by atoms with Crippen molar-refractivity contribution in [2.24, 2.45) is 0 Å². The summed E-state index contributed by atoms with van der Waals surface area (Å²) in [5.41, 5.74) is 2.81. The van der Waals surface area contributed by atoms with Crippen LogP contribution in [0.3, 0.4) is 0 Å². The predicted octanol–water partition coefficient (Wildman–Crippen LogP) is 4.95. The molecule has 1 saturated heterocycles. The van der Waals surface area contributed by atoms with Crippen molar-refractivity contribution < 1.29 is 23.9 Å². The molecular weight excluding hydrogens is 542 g/mol. The fourth-order valence-electron chi connectivity index (χ4n) is 4.82. The van der Waals surface area contributed by atoms with Gasteiger partial charge < -0.3 is 19.9 Å². The van der Waals surface area contributed by atoms with Gasteiger partial charge in [-0.25, -0.2) is 9.78 Å². The largest absolute Gasteiger partial charge is 0.442 e. The molecule has 1 N–H and O–H groups in total. The minimum Gasteiger partial charge on any atom is -0.442 e. The molecule has 3 heterocycles. The number of hydrogen-bond acceptors (Lipinski definition) is 10. The third-order valence-corrected chi connectivity index (χ3v) is 7.88. The quantitative estimate of drug-likeness (QED) is 0.278. The second-order valence-corrected chi connectivity index (χ2v) is 11.3. The number of pyridine rings is 1. The first-order chi connectivity index (χ1) is 19.8. The highest BCUT2D eigenvalue weighted by molar-refractivity contribution is 7.17. The molecule has 1 aliphatic rings. The van der Waals surface area contributed by atoms with Crippen LogP contribution in [-0.4, -0.2) is 78.1 Å². The first-order valence-corrected chi connectivity index (χ1v) is 13.9. The maximum Gasteiger partial charge on any atom is 0.410 e. The number of benzene rings is 2. The highest BCUT2D eigenvalue weighted by atomic mass is 32.1. The highest BCUT2D eigenvalue weighted by Crippen LogP contribution is 2.34. The van der Waals surface area contributed by atoms with Crippen LogP contribution in [0.25, 0.3) is 21.9 Å². The summed E-state index contributed by atoms with van der Waals surface area (Å²) in [4.78, 5) is 60.1. The van der Waals surface area contributed by atoms with Gasteiger partial charge in [0, 0.05) is 60.8 Å². The molecule has 0 bridgehead atoms. The minimum absolute atomic E-state index is 0.342. The van der Waals surface area contributed by atoms with Crippen molar-refractivity contribution in [2.45, 2.75) is 19.4 Å². The summed E-state index contributed by atoms with van der Waals surface area (Å²) >= 11 is 1.24. The van der Waals surface area contributed by atoms with Gasteiger partial charge in [0.1, 0.15) is 5.60 Å². The number of carbonyl (C=O) groups is 4. The number of nitrogens with one attached hydrogen (secondary N) is 1. The number of fused-ring (bicyclic) bond motifs is 1. The molecule has 1 aliphatic heterocycles. The van der Waals surface area contributed by atoms with E-state index in [1.807, 2.05) is 32.0 Å². The van der Waals surface area contributed by atoms with Gasteiger partial charge in [-0.15, -0.1) is 0 Å². The lowest BCUT2D eigenvalue weighted by Gasteiger charge is -2.37. The summed E-state index contributed by atoms with van der Waals surface area (Å²) < 4.78 is 5.78. The van der Waals surface area contributed by atoms with Crippen LogP contribution >= 0.6 is 11.3 Å². The molecule has 5 rings (SSSR count). The highest BCUT2D eigenvalue weighted by Gasteiger charge is 2.29. The van der Waals surface area contributed by atoms with E-state index in [1.54, 1.807) is 35.5 Å². The van der Waals surface area contributed by atoms with Crippen LogP contribution in [-0.2, 0) is 4.74 Å². The van der Waals surface area contributed by atoms with E-state index in [9.17, 15) is 19.2 Å². The second-order valence-electron chi connectivity index (χ2n) is 10.3. The number of aromatic nitrogens is 2. The Kier molecular flexibility index (Phi) is 8.06. The van der Waals surface area contributed by atoms with Crippen LogP contribution in [0.2, 0.25) is 0 Å². The number of hydrogen-bond donors (Lipinski definition) is 1. The van der Waals surface area contributed by atoms with Crippen LogP contribution in [0, 0.1) is 0 Å². The van der Waals surface area contributed by atoms with Gasteiger partial charge in [-0.1, -0.05) is 23.5 Å². The van der Waals surface area contributed by atoms with Crippen molar-refractivity contribution in [3.05, 3.63) is 71.0 Å². The summed E-state index contributed by atoms with van der Waals surface area (Å²) in [6.07, 6.45) is 6.85. The number of rotatable bonds is 9. The molecule has 0 spiro atoms. The van der Waals surface area contributed by atoms with Gasteiger partial charge in [0.25, 0.3) is 0 Å². The van der Waals surface area contributed by atoms with Crippen molar-refractivity contribution in [1.82, 2.24) is 14.9 Å². The maximum absolute atomic E-state index is 12.9. The van der Waals surface area contributed by atoms with Crippen LogP contribution in [0.5, 0.6) is 0 Å². The monoisotopic (exact) mass is 571 g/mol. The van der Waals surface area contributed by atoms with Gasteiger partial charge in [0.15, 0.2) is 24.0 Å². The Hall–Kier alpha value is -4.64. The first kappa shape index (κ1) is 27.9. The van der Waals surface area contributed by atoms with Gasteiger partial charge >= 0.3 is 6.09 Å². The Morgan fingerprint density at radius 3 is 2.41 bits per heavy atom. The first-order valence-electron chi connectivity index (χ1n) is 13.1. The van der Waals surface area contributed by atoms with Crippen molar-refractivity contribution in [2.75, 3.05) is 42.9 Å². The van der Waals surface area contributed by atoms with Crippen LogP contribution in [0.15, 0.2) is 55.0 Å². The predicted molar refractivity (Wildman–Crippen MR) is 158 cm³/mol. The van der Waals surface area contributed by atoms with Crippen LogP contribution in [0.1, 0.15) is 44.2 Å². The summed E-state index contributed by atoms with van der Waals surface area (Å²) in [6.45, 7) is 6.11. The molecule has 4 aromatic rings. The van der Waals surface area contributed by atoms with Crippen molar-refractivity contribution in [3.63, 3.8) is 0 Å². The van der Waals surface area contributed by atoms with Crippen molar-refractivity contribution in [3.8, 4) is 11.1 Å². The third kappa shape index (κ3) is 6.09. The van der Waals surface area contributed by atoms with Gasteiger partial charge in [-0.3, -0.25) is 19.4 Å². The average molecular weight is 572 g/mol. The van der Waals surface area contributed by atoms with E-state index < -0.39 is 11.7 Å². The van der Waals surface area contributed by atoms with E-state index >= 15 is 0 Å². The fourth-order valence-corrected chi connectivity index (χ4v) is 5.45. The lowest BCUT2D eigenvalue weighted by Crippen LogP contribution is -2.51. The van der Waals surface area contributed by atoms with Gasteiger partial charge in [-0.2, -0.15) is 0 Å². The molecular formula is C30H29N5O5S. The topological polar surface area (TPSA) is 122 Å². The molecule has 0 saturated carbocycles. The minimum atomic E-state index is -0.794. The Bertz CT molecular complexity index is 1610. The molecule has 0 unspecified atom stereocenters. The van der Waals surface area contributed by atoms with E-state index in [0.29, 0.717) is 53.9 Å². The number of piperazine rings is 1. The third-order valence-electron chi connectivity index (χ3n) is 7.00. The van der Waals surface area contributed by atoms with Crippen molar-refractivity contribution in [1.29, 1.82) is 0 Å². The number of nitrogens with zero attached hydrogens (tertiary/aromatic N) is 4. The van der Waals surface area contributed by atoms with E-state index in [-0.39, 0.29) is 0 Å². The number of carbonyl (C=O) groups excluding carboxylic acids is 4. The summed E-state index contributed by atoms with van der Waals surface area (Å²) in [6, 6.07) is 11.1. The summed E-state index contributed by atoms with van der Waals surface area (Å²) in [7, 11) is 0. The molecule has 0 radical (unpaired) electrons. The van der Waals surface area contributed by atoms with Gasteiger partial charge in [-0.05, 0) is 54.6 Å². The average Bonchev–Trinajstić information content (AvgIpc) is 3.47. The zero-order chi connectivity index (χ0) is 29.0. The normalized spacial score (nSPS) is 13.6. The number of amides is 1. The lowest BCUT2D eigenvalue weighted by molar-refractivity contribution is 0.0205. The van der Waals surface area contributed by atoms with Gasteiger partial charge in [0.2, 0.25) is 0 Å². The molecule has 41 heavy (non-hydrogen) atoms. The Morgan fingerprint density at radius 1 is 0.951 bits per heavy atom. The number of anilines is 2. The van der Waals surface area contributed by atoms with Crippen molar-refractivity contribution >= 4 is 57.9 Å². The van der Waals surface area contributed by atoms with Crippen LogP contribution < -0.4 is 10.2 Å². The zero-order valence-corrected chi connectivity index (χ0v) is 23.5. The van der Waals surface area contributed by atoms with Crippen LogP contribution in [0.4, 0.5) is 15.6 Å². The number of thiazole rings is 1. The Balaban J connectivity index is 1.26. The molecule has 210 valence electrons. The molecule has 11 heteroatoms. The SMILES string of the molecule is CC(C)(CNc1ncc(C=O)s1)OC(=O)N1CCN(c2ccc(C=O)c(-c3ccc(C=O)c4ccncc34)c2)CC1. The maximum atomic E-state index is 12.9. The fraction of sp³-hybridized carbons (Fsp3) is 0.267. The number of ether oxygens (including phenoxy) is 1. The molecule has 0 atom stereocenters. The zero-order valence-electron chi connectivity index (χ0n) is 22.7. The molecule has 10 nitrogen and oxygen atoms in total. The van der Waals surface area contributed by atoms with E-state index in [4.69, 9.17) is 4.74 Å². The molecule has 0 aliphatic carbocycles. The smallest absolute Gasteiger partial charge is 0.410 e. The number of aldehydes is 3. The van der Waals surface area contributed by atoms with E-state index in [2.05, 4.69) is 20.2 Å². The second kappa shape index (κ2) is 11.8. The molecule has 2 aromatic heterocycles. The van der Waals surface area contributed by atoms with Gasteiger partial charge in [0.05, 0.1) is 17.6 Å². The lowest BCUT2D eigenvalue weighted by atomic mass is 9.93. The summed E-state index contributed by atoms with van der Waals surface area (Å²) in [5, 5.41) is 5.28. The Morgan fingerprint density at radius 2 is 1.71 bits per heavy atom. The van der Waals surface area contributed by atoms with E-state index in [0.717, 1.165) is 46.4 Å². The molecule has 1 fully saturated rings. The Labute approximate surface area is 241 Å². The molecule has 1 amide bonds. The van der Waals surface area contributed by atoms with E-state index in [1.165, 1.54) is 17.5 Å². The summed E-state index contributed by atoms with van der Waals surface area (Å²) in [5.74, 6) is 0. The standard InChI is InChI=1S/C30H29N5O5S/c1-30(2,19-33-28-32-14-23(18-38)41-28)40-29(39)35-11-9-34(10-12-35)22-5-3-21(17-37)26(13-22)25-6-4-20(16-36)24-7-8-31-15-27(24)25/h3-8,13-18H,9-12,19H2,1-2H3,(H,32,33). The molecule has 2 aromatic carbocycles.